The lowest BCUT2D eigenvalue weighted by molar-refractivity contribution is -0.129. The first kappa shape index (κ1) is 17.2. The fourth-order valence-corrected chi connectivity index (χ4v) is 2.71. The molecule has 23 heavy (non-hydrogen) atoms. The Bertz CT molecular complexity index is 555. The van der Waals surface area contributed by atoms with Gasteiger partial charge in [0.25, 0.3) is 0 Å². The Balaban J connectivity index is 1.91. The smallest absolute Gasteiger partial charge is 0.241 e. The van der Waals surface area contributed by atoms with Gasteiger partial charge in [-0.05, 0) is 31.0 Å². The van der Waals surface area contributed by atoms with Crippen molar-refractivity contribution in [1.82, 2.24) is 4.90 Å². The molecule has 0 spiro atoms. The van der Waals surface area contributed by atoms with Crippen LogP contribution in [0.1, 0.15) is 39.0 Å². The number of carbonyl (C=O) groups excluding carboxylic acids is 2. The van der Waals surface area contributed by atoms with Crippen LogP contribution in [0.25, 0.3) is 0 Å². The van der Waals surface area contributed by atoms with Crippen LogP contribution in [0.4, 0.5) is 15.8 Å². The molecule has 0 bridgehead atoms. The molecule has 5 nitrogen and oxygen atoms in total. The van der Waals surface area contributed by atoms with Gasteiger partial charge < -0.3 is 15.5 Å². The first-order valence-corrected chi connectivity index (χ1v) is 8.15. The van der Waals surface area contributed by atoms with Gasteiger partial charge in [-0.2, -0.15) is 0 Å². The van der Waals surface area contributed by atoms with Crippen LogP contribution in [0.15, 0.2) is 18.2 Å². The summed E-state index contributed by atoms with van der Waals surface area (Å²) in [6.45, 7) is 3.11. The average molecular weight is 321 g/mol. The molecule has 2 N–H and O–H groups in total. The topological polar surface area (TPSA) is 61.4 Å². The summed E-state index contributed by atoms with van der Waals surface area (Å²) in [6.07, 6.45) is 5.70. The number of hydrogen-bond donors (Lipinski definition) is 2. The second-order valence-electron chi connectivity index (χ2n) is 5.88. The summed E-state index contributed by atoms with van der Waals surface area (Å²) < 4.78 is 13.6. The van der Waals surface area contributed by atoms with Crippen LogP contribution in [-0.4, -0.2) is 36.3 Å². The van der Waals surface area contributed by atoms with E-state index in [4.69, 9.17) is 0 Å². The van der Waals surface area contributed by atoms with Crippen molar-refractivity contribution in [2.24, 2.45) is 0 Å². The van der Waals surface area contributed by atoms with E-state index in [1.54, 1.807) is 6.07 Å². The zero-order valence-electron chi connectivity index (χ0n) is 13.5. The van der Waals surface area contributed by atoms with Crippen molar-refractivity contribution >= 4 is 23.2 Å². The van der Waals surface area contributed by atoms with Gasteiger partial charge in [-0.1, -0.05) is 19.3 Å². The van der Waals surface area contributed by atoms with Crippen molar-refractivity contribution in [3.8, 4) is 0 Å². The monoisotopic (exact) mass is 321 g/mol. The van der Waals surface area contributed by atoms with Crippen molar-refractivity contribution in [3.63, 3.8) is 0 Å². The highest BCUT2D eigenvalue weighted by Gasteiger charge is 2.14. The van der Waals surface area contributed by atoms with Crippen LogP contribution in [-0.2, 0) is 9.59 Å². The molecule has 0 saturated carbocycles. The Kier molecular flexibility index (Phi) is 6.38. The maximum atomic E-state index is 13.6. The minimum atomic E-state index is -0.499. The molecule has 0 radical (unpaired) electrons. The lowest BCUT2D eigenvalue weighted by Gasteiger charge is -2.25. The molecule has 1 aliphatic heterocycles. The van der Waals surface area contributed by atoms with E-state index in [1.165, 1.54) is 38.3 Å². The SMILES string of the molecule is CC(=O)Nc1cc(NCC(=O)N2CCCCCCC2)ccc1F. The Morgan fingerprint density at radius 1 is 1.13 bits per heavy atom. The molecular formula is C17H24FN3O2. The largest absolute Gasteiger partial charge is 0.376 e. The van der Waals surface area contributed by atoms with Gasteiger partial charge in [-0.3, -0.25) is 9.59 Å². The fourth-order valence-electron chi connectivity index (χ4n) is 2.71. The number of amides is 2. The standard InChI is InChI=1S/C17H24FN3O2/c1-13(22)20-16-11-14(7-8-15(16)18)19-12-17(23)21-9-5-3-2-4-6-10-21/h7-8,11,19H,2-6,9-10,12H2,1H3,(H,20,22). The molecule has 0 unspecified atom stereocenters. The van der Waals surface area contributed by atoms with Gasteiger partial charge in [0.1, 0.15) is 5.82 Å². The normalized spacial score (nSPS) is 15.5. The van der Waals surface area contributed by atoms with Crippen LogP contribution in [0.3, 0.4) is 0 Å². The second-order valence-corrected chi connectivity index (χ2v) is 5.88. The zero-order valence-corrected chi connectivity index (χ0v) is 13.5. The number of carbonyl (C=O) groups is 2. The van der Waals surface area contributed by atoms with Gasteiger partial charge in [0.15, 0.2) is 0 Å². The number of rotatable bonds is 4. The molecule has 1 heterocycles. The average Bonchev–Trinajstić information content (AvgIpc) is 2.47. The minimum Gasteiger partial charge on any atom is -0.376 e. The molecule has 1 aromatic carbocycles. The zero-order chi connectivity index (χ0) is 16.7. The van der Waals surface area contributed by atoms with Crippen LogP contribution in [0.5, 0.6) is 0 Å². The van der Waals surface area contributed by atoms with E-state index in [2.05, 4.69) is 10.6 Å². The van der Waals surface area contributed by atoms with E-state index < -0.39 is 5.82 Å². The highest BCUT2D eigenvalue weighted by atomic mass is 19.1. The maximum absolute atomic E-state index is 13.6. The molecule has 1 fully saturated rings. The van der Waals surface area contributed by atoms with E-state index in [0.29, 0.717) is 5.69 Å². The predicted molar refractivity (Wildman–Crippen MR) is 88.9 cm³/mol. The molecule has 1 aliphatic rings. The second kappa shape index (κ2) is 8.50. The van der Waals surface area contributed by atoms with Crippen LogP contribution in [0.2, 0.25) is 0 Å². The summed E-state index contributed by atoms with van der Waals surface area (Å²) >= 11 is 0. The van der Waals surface area contributed by atoms with Gasteiger partial charge in [0, 0.05) is 25.7 Å². The quantitative estimate of drug-likeness (QED) is 0.896. The van der Waals surface area contributed by atoms with Gasteiger partial charge in [-0.15, -0.1) is 0 Å². The summed E-state index contributed by atoms with van der Waals surface area (Å²) in [5.74, 6) is -0.782. The van der Waals surface area contributed by atoms with E-state index in [1.807, 2.05) is 4.90 Å². The summed E-state index contributed by atoms with van der Waals surface area (Å²) in [6, 6.07) is 4.33. The van der Waals surface area contributed by atoms with Crippen molar-refractivity contribution in [2.45, 2.75) is 39.0 Å². The van der Waals surface area contributed by atoms with Crippen LogP contribution < -0.4 is 10.6 Å². The third kappa shape index (κ3) is 5.54. The molecule has 1 saturated heterocycles. The predicted octanol–water partition coefficient (Wildman–Crippen LogP) is 2.99. The van der Waals surface area contributed by atoms with Gasteiger partial charge in [0.05, 0.1) is 12.2 Å². The third-order valence-electron chi connectivity index (χ3n) is 3.93. The highest BCUT2D eigenvalue weighted by molar-refractivity contribution is 5.89. The lowest BCUT2D eigenvalue weighted by Crippen LogP contribution is -2.37. The van der Waals surface area contributed by atoms with Gasteiger partial charge in [0.2, 0.25) is 11.8 Å². The molecule has 0 aliphatic carbocycles. The number of nitrogens with zero attached hydrogens (tertiary/aromatic N) is 1. The van der Waals surface area contributed by atoms with Crippen LogP contribution >= 0.6 is 0 Å². The van der Waals surface area contributed by atoms with Crippen molar-refractivity contribution < 1.29 is 14.0 Å². The number of nitrogens with one attached hydrogen (secondary N) is 2. The Morgan fingerprint density at radius 3 is 2.43 bits per heavy atom. The van der Waals surface area contributed by atoms with E-state index in [-0.39, 0.29) is 24.0 Å². The molecule has 0 atom stereocenters. The molecular weight excluding hydrogens is 297 g/mol. The molecule has 2 rings (SSSR count). The Morgan fingerprint density at radius 2 is 1.78 bits per heavy atom. The van der Waals surface area contributed by atoms with Crippen LogP contribution in [0, 0.1) is 5.82 Å². The van der Waals surface area contributed by atoms with Gasteiger partial charge in [-0.25, -0.2) is 4.39 Å². The third-order valence-corrected chi connectivity index (χ3v) is 3.93. The molecule has 2 amide bonds. The summed E-state index contributed by atoms with van der Waals surface area (Å²) in [7, 11) is 0. The molecule has 6 heteroatoms. The van der Waals surface area contributed by atoms with E-state index in [9.17, 15) is 14.0 Å². The first-order chi connectivity index (χ1) is 11.1. The summed E-state index contributed by atoms with van der Waals surface area (Å²) in [5.41, 5.74) is 0.719. The van der Waals surface area contributed by atoms with E-state index >= 15 is 0 Å². The molecule has 126 valence electrons. The maximum Gasteiger partial charge on any atom is 0.241 e. The van der Waals surface area contributed by atoms with Crippen molar-refractivity contribution in [2.75, 3.05) is 30.3 Å². The van der Waals surface area contributed by atoms with Gasteiger partial charge >= 0.3 is 0 Å². The Labute approximate surface area is 136 Å². The van der Waals surface area contributed by atoms with Crippen molar-refractivity contribution in [3.05, 3.63) is 24.0 Å². The number of halogens is 1. The number of likely N-dealkylation sites (tertiary alicyclic amines) is 1. The fraction of sp³-hybridized carbons (Fsp3) is 0.529. The number of hydrogen-bond acceptors (Lipinski definition) is 3. The minimum absolute atomic E-state index is 0.0531. The summed E-state index contributed by atoms with van der Waals surface area (Å²) in [5, 5.41) is 5.44. The number of anilines is 2. The summed E-state index contributed by atoms with van der Waals surface area (Å²) in [4.78, 5) is 25.2. The molecule has 0 aromatic heterocycles. The number of benzene rings is 1. The highest BCUT2D eigenvalue weighted by Crippen LogP contribution is 2.19. The first-order valence-electron chi connectivity index (χ1n) is 8.15. The Hall–Kier alpha value is -2.11. The molecule has 1 aromatic rings. The van der Waals surface area contributed by atoms with E-state index in [0.717, 1.165) is 25.9 Å². The lowest BCUT2D eigenvalue weighted by atomic mass is 10.1. The van der Waals surface area contributed by atoms with Crippen molar-refractivity contribution in [1.29, 1.82) is 0 Å².